The van der Waals surface area contributed by atoms with E-state index < -0.39 is 6.10 Å². The number of aliphatic hydroxyl groups is 1. The third-order valence-corrected chi connectivity index (χ3v) is 3.53. The summed E-state index contributed by atoms with van der Waals surface area (Å²) < 4.78 is 1.98. The fraction of sp³-hybridized carbons (Fsp3) is 0.154. The van der Waals surface area contributed by atoms with Crippen LogP contribution >= 0.6 is 11.3 Å². The standard InChI is InChI=1S/C13H12N2OS/c16-13(10-5-6-17-8-10)7-15-9-14-11-3-1-2-4-12(11)15/h1-6,8-9,13,16H,7H2. The highest BCUT2D eigenvalue weighted by Gasteiger charge is 2.10. The predicted octanol–water partition coefficient (Wildman–Crippen LogP) is 2.83. The van der Waals surface area contributed by atoms with Crippen molar-refractivity contribution in [1.82, 2.24) is 9.55 Å². The maximum Gasteiger partial charge on any atom is 0.0977 e. The summed E-state index contributed by atoms with van der Waals surface area (Å²) in [6, 6.07) is 9.90. The van der Waals surface area contributed by atoms with Crippen LogP contribution in [0.4, 0.5) is 0 Å². The van der Waals surface area contributed by atoms with E-state index >= 15 is 0 Å². The Kier molecular flexibility index (Phi) is 2.66. The van der Waals surface area contributed by atoms with E-state index in [4.69, 9.17) is 0 Å². The van der Waals surface area contributed by atoms with Gasteiger partial charge in [-0.25, -0.2) is 4.98 Å². The zero-order valence-electron chi connectivity index (χ0n) is 9.15. The number of aliphatic hydroxyl groups excluding tert-OH is 1. The second-order valence-corrected chi connectivity index (χ2v) is 4.74. The second kappa shape index (κ2) is 4.31. The Bertz CT molecular complexity index is 615. The van der Waals surface area contributed by atoms with Crippen LogP contribution < -0.4 is 0 Å². The molecule has 0 radical (unpaired) electrons. The van der Waals surface area contributed by atoms with Gasteiger partial charge in [0, 0.05) is 0 Å². The lowest BCUT2D eigenvalue weighted by molar-refractivity contribution is 0.158. The third-order valence-electron chi connectivity index (χ3n) is 2.82. The molecule has 0 saturated heterocycles. The van der Waals surface area contributed by atoms with Crippen LogP contribution in [0.3, 0.4) is 0 Å². The summed E-state index contributed by atoms with van der Waals surface area (Å²) in [6.07, 6.45) is 1.30. The first-order valence-electron chi connectivity index (χ1n) is 5.44. The molecule has 4 heteroatoms. The smallest absolute Gasteiger partial charge is 0.0977 e. The van der Waals surface area contributed by atoms with Gasteiger partial charge in [-0.1, -0.05) is 12.1 Å². The molecule has 3 aromatic rings. The number of aromatic nitrogens is 2. The van der Waals surface area contributed by atoms with E-state index in [-0.39, 0.29) is 0 Å². The molecule has 0 fully saturated rings. The molecule has 1 aromatic carbocycles. The number of benzene rings is 1. The van der Waals surface area contributed by atoms with Crippen LogP contribution in [0.15, 0.2) is 47.4 Å². The fourth-order valence-corrected chi connectivity index (χ4v) is 2.62. The van der Waals surface area contributed by atoms with E-state index in [0.717, 1.165) is 16.6 Å². The number of para-hydroxylation sites is 2. The molecule has 86 valence electrons. The van der Waals surface area contributed by atoms with E-state index in [2.05, 4.69) is 4.98 Å². The summed E-state index contributed by atoms with van der Waals surface area (Å²) in [7, 11) is 0. The molecule has 1 unspecified atom stereocenters. The summed E-state index contributed by atoms with van der Waals surface area (Å²) in [5, 5.41) is 14.1. The number of fused-ring (bicyclic) bond motifs is 1. The van der Waals surface area contributed by atoms with Crippen LogP contribution in [-0.4, -0.2) is 14.7 Å². The van der Waals surface area contributed by atoms with Crippen molar-refractivity contribution in [3.8, 4) is 0 Å². The van der Waals surface area contributed by atoms with Gasteiger partial charge in [0.1, 0.15) is 0 Å². The third kappa shape index (κ3) is 1.97. The van der Waals surface area contributed by atoms with Gasteiger partial charge in [0.15, 0.2) is 0 Å². The fourth-order valence-electron chi connectivity index (χ4n) is 1.91. The minimum Gasteiger partial charge on any atom is -0.387 e. The minimum absolute atomic E-state index is 0.473. The van der Waals surface area contributed by atoms with Gasteiger partial charge in [0.05, 0.1) is 30.0 Å². The van der Waals surface area contributed by atoms with Crippen LogP contribution in [0.2, 0.25) is 0 Å². The molecule has 3 rings (SSSR count). The normalized spacial score (nSPS) is 13.0. The summed E-state index contributed by atoms with van der Waals surface area (Å²) in [4.78, 5) is 4.31. The number of imidazole rings is 1. The molecule has 1 N–H and O–H groups in total. The van der Waals surface area contributed by atoms with Crippen LogP contribution in [0, 0.1) is 0 Å². The van der Waals surface area contributed by atoms with E-state index in [1.54, 1.807) is 17.7 Å². The van der Waals surface area contributed by atoms with Crippen LogP contribution in [-0.2, 0) is 6.54 Å². The van der Waals surface area contributed by atoms with Crippen LogP contribution in [0.25, 0.3) is 11.0 Å². The van der Waals surface area contributed by atoms with Crippen molar-refractivity contribution in [2.24, 2.45) is 0 Å². The van der Waals surface area contributed by atoms with Gasteiger partial charge < -0.3 is 9.67 Å². The SMILES string of the molecule is OC(Cn1cnc2ccccc21)c1ccsc1. The molecular formula is C13H12N2OS. The monoisotopic (exact) mass is 244 g/mol. The predicted molar refractivity (Wildman–Crippen MR) is 69.0 cm³/mol. The average Bonchev–Trinajstić information content (AvgIpc) is 2.98. The van der Waals surface area contributed by atoms with Crippen molar-refractivity contribution in [2.75, 3.05) is 0 Å². The zero-order valence-corrected chi connectivity index (χ0v) is 9.97. The molecule has 17 heavy (non-hydrogen) atoms. The van der Waals surface area contributed by atoms with Gasteiger partial charge in [0.25, 0.3) is 0 Å². The lowest BCUT2D eigenvalue weighted by Gasteiger charge is -2.10. The Labute approximate surface area is 103 Å². The molecule has 0 spiro atoms. The molecule has 3 nitrogen and oxygen atoms in total. The van der Waals surface area contributed by atoms with E-state index in [1.165, 1.54) is 0 Å². The maximum atomic E-state index is 10.1. The molecule has 0 aliphatic heterocycles. The van der Waals surface area contributed by atoms with Crippen molar-refractivity contribution in [1.29, 1.82) is 0 Å². The lowest BCUT2D eigenvalue weighted by atomic mass is 10.2. The quantitative estimate of drug-likeness (QED) is 0.769. The Morgan fingerprint density at radius 2 is 2.18 bits per heavy atom. The van der Waals surface area contributed by atoms with Gasteiger partial charge in [-0.05, 0) is 34.5 Å². The van der Waals surface area contributed by atoms with E-state index in [0.29, 0.717) is 6.54 Å². The molecule has 0 bridgehead atoms. The van der Waals surface area contributed by atoms with E-state index in [9.17, 15) is 5.11 Å². The first-order chi connectivity index (χ1) is 8.34. The zero-order chi connectivity index (χ0) is 11.7. The molecule has 2 aromatic heterocycles. The first-order valence-corrected chi connectivity index (χ1v) is 6.39. The van der Waals surface area contributed by atoms with Crippen molar-refractivity contribution in [3.05, 3.63) is 53.0 Å². The highest BCUT2D eigenvalue weighted by Crippen LogP contribution is 2.20. The Morgan fingerprint density at radius 1 is 1.29 bits per heavy atom. The Hall–Kier alpha value is -1.65. The number of rotatable bonds is 3. The summed E-state index contributed by atoms with van der Waals surface area (Å²) in [5.74, 6) is 0. The molecule has 0 aliphatic carbocycles. The summed E-state index contributed by atoms with van der Waals surface area (Å²) >= 11 is 1.60. The van der Waals surface area contributed by atoms with Crippen molar-refractivity contribution < 1.29 is 5.11 Å². The topological polar surface area (TPSA) is 38.0 Å². The minimum atomic E-state index is -0.473. The van der Waals surface area contributed by atoms with E-state index in [1.807, 2.05) is 45.7 Å². The average molecular weight is 244 g/mol. The summed E-state index contributed by atoms with van der Waals surface area (Å²) in [5.41, 5.74) is 2.99. The number of nitrogens with zero attached hydrogens (tertiary/aromatic N) is 2. The molecule has 0 saturated carbocycles. The molecule has 0 amide bonds. The highest BCUT2D eigenvalue weighted by molar-refractivity contribution is 7.07. The van der Waals surface area contributed by atoms with Crippen molar-refractivity contribution in [2.45, 2.75) is 12.6 Å². The second-order valence-electron chi connectivity index (χ2n) is 3.96. The van der Waals surface area contributed by atoms with Crippen molar-refractivity contribution in [3.63, 3.8) is 0 Å². The maximum absolute atomic E-state index is 10.1. The first kappa shape index (κ1) is 10.5. The van der Waals surface area contributed by atoms with Gasteiger partial charge in [-0.15, -0.1) is 0 Å². The van der Waals surface area contributed by atoms with Crippen LogP contribution in [0.1, 0.15) is 11.7 Å². The van der Waals surface area contributed by atoms with Gasteiger partial charge in [0.2, 0.25) is 0 Å². The number of hydrogen-bond donors (Lipinski definition) is 1. The lowest BCUT2D eigenvalue weighted by Crippen LogP contribution is -2.06. The highest BCUT2D eigenvalue weighted by atomic mass is 32.1. The van der Waals surface area contributed by atoms with Gasteiger partial charge in [-0.2, -0.15) is 11.3 Å². The summed E-state index contributed by atoms with van der Waals surface area (Å²) in [6.45, 7) is 0.539. The number of hydrogen-bond acceptors (Lipinski definition) is 3. The number of thiophene rings is 1. The largest absolute Gasteiger partial charge is 0.387 e. The molecule has 0 aliphatic rings. The van der Waals surface area contributed by atoms with Gasteiger partial charge in [-0.3, -0.25) is 0 Å². The Morgan fingerprint density at radius 3 is 3.00 bits per heavy atom. The van der Waals surface area contributed by atoms with Crippen LogP contribution in [0.5, 0.6) is 0 Å². The van der Waals surface area contributed by atoms with Crippen molar-refractivity contribution >= 4 is 22.4 Å². The van der Waals surface area contributed by atoms with Gasteiger partial charge >= 0.3 is 0 Å². The molecular weight excluding hydrogens is 232 g/mol. The molecule has 1 atom stereocenters. The Balaban J connectivity index is 1.90. The molecule has 2 heterocycles.